The van der Waals surface area contributed by atoms with Gasteiger partial charge in [0.15, 0.2) is 0 Å². The summed E-state index contributed by atoms with van der Waals surface area (Å²) in [5.41, 5.74) is 1.93. The first-order valence-electron chi connectivity index (χ1n) is 6.14. The van der Waals surface area contributed by atoms with Crippen molar-refractivity contribution in [3.63, 3.8) is 0 Å². The summed E-state index contributed by atoms with van der Waals surface area (Å²) in [6, 6.07) is 9.97. The van der Waals surface area contributed by atoms with Crippen molar-refractivity contribution in [2.45, 2.75) is 19.4 Å². The summed E-state index contributed by atoms with van der Waals surface area (Å²) in [6.45, 7) is 3.37. The maximum absolute atomic E-state index is 8.92. The van der Waals surface area contributed by atoms with Crippen LogP contribution >= 0.6 is 0 Å². The van der Waals surface area contributed by atoms with Gasteiger partial charge in [-0.3, -0.25) is 4.90 Å². The lowest BCUT2D eigenvalue weighted by Crippen LogP contribution is -2.20. The van der Waals surface area contributed by atoms with Gasteiger partial charge in [-0.1, -0.05) is 12.1 Å². The van der Waals surface area contributed by atoms with Gasteiger partial charge in [0.2, 0.25) is 0 Å². The Morgan fingerprint density at radius 1 is 1.47 bits per heavy atom. The fourth-order valence-electron chi connectivity index (χ4n) is 2.47. The molecule has 0 aliphatic carbocycles. The zero-order chi connectivity index (χ0) is 12.1. The molecule has 17 heavy (non-hydrogen) atoms. The summed E-state index contributed by atoms with van der Waals surface area (Å²) in [5.74, 6) is 0.638. The van der Waals surface area contributed by atoms with Gasteiger partial charge in [-0.25, -0.2) is 0 Å². The first-order valence-corrected chi connectivity index (χ1v) is 6.14. The minimum Gasteiger partial charge on any atom is -0.396 e. The summed E-state index contributed by atoms with van der Waals surface area (Å²) in [4.78, 5) is 2.40. The number of benzene rings is 1. The molecule has 1 saturated heterocycles. The first-order chi connectivity index (χ1) is 8.31. The van der Waals surface area contributed by atoms with Crippen LogP contribution in [0.5, 0.6) is 0 Å². The van der Waals surface area contributed by atoms with Crippen LogP contribution in [0.2, 0.25) is 0 Å². The number of hydrogen-bond donors (Lipinski definition) is 1. The molecule has 0 saturated carbocycles. The Morgan fingerprint density at radius 2 is 2.35 bits per heavy atom. The van der Waals surface area contributed by atoms with Crippen molar-refractivity contribution in [3.05, 3.63) is 35.4 Å². The molecule has 0 amide bonds. The zero-order valence-corrected chi connectivity index (χ0v) is 9.97. The lowest BCUT2D eigenvalue weighted by Gasteiger charge is -2.15. The average molecular weight is 230 g/mol. The maximum Gasteiger partial charge on any atom is 0.0991 e. The molecule has 1 unspecified atom stereocenters. The van der Waals surface area contributed by atoms with Crippen molar-refractivity contribution >= 4 is 0 Å². The number of nitrogens with zero attached hydrogens (tertiary/aromatic N) is 2. The van der Waals surface area contributed by atoms with Crippen LogP contribution in [-0.4, -0.2) is 29.7 Å². The number of rotatable bonds is 4. The van der Waals surface area contributed by atoms with E-state index >= 15 is 0 Å². The highest BCUT2D eigenvalue weighted by Crippen LogP contribution is 2.21. The van der Waals surface area contributed by atoms with E-state index in [0.29, 0.717) is 12.5 Å². The van der Waals surface area contributed by atoms with Crippen molar-refractivity contribution in [2.75, 3.05) is 19.7 Å². The third kappa shape index (κ3) is 3.29. The number of aliphatic hydroxyl groups excluding tert-OH is 1. The zero-order valence-electron chi connectivity index (χ0n) is 9.97. The highest BCUT2D eigenvalue weighted by atomic mass is 16.3. The first kappa shape index (κ1) is 12.1. The largest absolute Gasteiger partial charge is 0.396 e. The van der Waals surface area contributed by atoms with E-state index in [-0.39, 0.29) is 0 Å². The summed E-state index contributed by atoms with van der Waals surface area (Å²) < 4.78 is 0. The Hall–Kier alpha value is -1.37. The molecule has 0 bridgehead atoms. The van der Waals surface area contributed by atoms with E-state index in [0.717, 1.165) is 31.6 Å². The molecule has 0 aromatic heterocycles. The van der Waals surface area contributed by atoms with Crippen molar-refractivity contribution in [2.24, 2.45) is 5.92 Å². The fourth-order valence-corrected chi connectivity index (χ4v) is 2.47. The molecule has 0 spiro atoms. The van der Waals surface area contributed by atoms with Crippen LogP contribution in [0.4, 0.5) is 0 Å². The van der Waals surface area contributed by atoms with Crippen molar-refractivity contribution in [1.29, 1.82) is 5.26 Å². The molecule has 2 rings (SSSR count). The number of likely N-dealkylation sites (tertiary alicyclic amines) is 1. The molecule has 0 radical (unpaired) electrons. The average Bonchev–Trinajstić information content (AvgIpc) is 2.77. The molecule has 1 atom stereocenters. The minimum absolute atomic E-state index is 0.294. The van der Waals surface area contributed by atoms with E-state index in [4.69, 9.17) is 10.4 Å². The monoisotopic (exact) mass is 230 g/mol. The van der Waals surface area contributed by atoms with Gasteiger partial charge in [0.25, 0.3) is 0 Å². The molecule has 1 aliphatic rings. The van der Waals surface area contributed by atoms with E-state index in [2.05, 4.69) is 17.0 Å². The molecule has 1 fully saturated rings. The summed E-state index contributed by atoms with van der Waals surface area (Å²) in [6.07, 6.45) is 2.09. The predicted molar refractivity (Wildman–Crippen MR) is 66.2 cm³/mol. The fraction of sp³-hybridized carbons (Fsp3) is 0.500. The molecule has 3 heteroatoms. The molecule has 90 valence electrons. The molecule has 1 heterocycles. The van der Waals surface area contributed by atoms with E-state index in [1.807, 2.05) is 18.2 Å². The van der Waals surface area contributed by atoms with Crippen LogP contribution in [-0.2, 0) is 6.54 Å². The molecule has 1 aliphatic heterocycles. The Labute approximate surface area is 102 Å². The smallest absolute Gasteiger partial charge is 0.0991 e. The normalized spacial score (nSPS) is 20.4. The van der Waals surface area contributed by atoms with Gasteiger partial charge >= 0.3 is 0 Å². The molecular weight excluding hydrogens is 212 g/mol. The van der Waals surface area contributed by atoms with Crippen molar-refractivity contribution in [1.82, 2.24) is 4.90 Å². The Bertz CT molecular complexity index is 411. The highest BCUT2D eigenvalue weighted by molar-refractivity contribution is 5.32. The van der Waals surface area contributed by atoms with Crippen LogP contribution in [0.25, 0.3) is 0 Å². The molecule has 1 aromatic carbocycles. The molecular formula is C14H18N2O. The lowest BCUT2D eigenvalue weighted by molar-refractivity contribution is 0.249. The van der Waals surface area contributed by atoms with Crippen molar-refractivity contribution in [3.8, 4) is 6.07 Å². The van der Waals surface area contributed by atoms with E-state index in [1.54, 1.807) is 0 Å². The third-order valence-corrected chi connectivity index (χ3v) is 3.37. The standard InChI is InChI=1S/C14H18N2O/c15-9-13-2-1-3-14(8-13)11-16-6-4-12(10-16)5-7-17/h1-3,8,12,17H,4-7,10-11H2. The van der Waals surface area contributed by atoms with Crippen LogP contribution in [0.1, 0.15) is 24.0 Å². The summed E-state index contributed by atoms with van der Waals surface area (Å²) >= 11 is 0. The molecule has 1 aromatic rings. The SMILES string of the molecule is N#Cc1cccc(CN2CCC(CCO)C2)c1. The second-order valence-electron chi connectivity index (χ2n) is 4.71. The Morgan fingerprint density at radius 3 is 3.12 bits per heavy atom. The Balaban J connectivity index is 1.91. The molecule has 3 nitrogen and oxygen atoms in total. The quantitative estimate of drug-likeness (QED) is 0.857. The minimum atomic E-state index is 0.294. The topological polar surface area (TPSA) is 47.3 Å². The third-order valence-electron chi connectivity index (χ3n) is 3.37. The second-order valence-corrected chi connectivity index (χ2v) is 4.71. The van der Waals surface area contributed by atoms with Gasteiger partial charge in [0, 0.05) is 19.7 Å². The van der Waals surface area contributed by atoms with Crippen LogP contribution in [0, 0.1) is 17.2 Å². The van der Waals surface area contributed by atoms with E-state index in [9.17, 15) is 0 Å². The van der Waals surface area contributed by atoms with Gasteiger partial charge in [0.1, 0.15) is 0 Å². The predicted octanol–water partition coefficient (Wildman–Crippen LogP) is 1.76. The van der Waals surface area contributed by atoms with Gasteiger partial charge < -0.3 is 5.11 Å². The number of hydrogen-bond acceptors (Lipinski definition) is 3. The Kier molecular flexibility index (Phi) is 4.13. The van der Waals surface area contributed by atoms with Gasteiger partial charge in [0.05, 0.1) is 11.6 Å². The van der Waals surface area contributed by atoms with Crippen LogP contribution in [0.3, 0.4) is 0 Å². The second kappa shape index (κ2) is 5.81. The van der Waals surface area contributed by atoms with Crippen LogP contribution < -0.4 is 0 Å². The van der Waals surface area contributed by atoms with Crippen LogP contribution in [0.15, 0.2) is 24.3 Å². The molecule has 1 N–H and O–H groups in total. The van der Waals surface area contributed by atoms with Gasteiger partial charge in [-0.05, 0) is 43.0 Å². The highest BCUT2D eigenvalue weighted by Gasteiger charge is 2.21. The van der Waals surface area contributed by atoms with E-state index < -0.39 is 0 Å². The summed E-state index contributed by atoms with van der Waals surface area (Å²) in [5, 5.41) is 17.8. The van der Waals surface area contributed by atoms with Crippen molar-refractivity contribution < 1.29 is 5.11 Å². The van der Waals surface area contributed by atoms with Gasteiger partial charge in [-0.2, -0.15) is 5.26 Å². The maximum atomic E-state index is 8.92. The van der Waals surface area contributed by atoms with E-state index in [1.165, 1.54) is 12.0 Å². The summed E-state index contributed by atoms with van der Waals surface area (Å²) in [7, 11) is 0. The number of nitriles is 1. The van der Waals surface area contributed by atoms with Gasteiger partial charge in [-0.15, -0.1) is 0 Å². The lowest BCUT2D eigenvalue weighted by atomic mass is 10.1. The number of aliphatic hydroxyl groups is 1.